The Balaban J connectivity index is 1.72. The van der Waals surface area contributed by atoms with Crippen LogP contribution in [-0.4, -0.2) is 28.0 Å². The van der Waals surface area contributed by atoms with Crippen LogP contribution in [0, 0.1) is 13.8 Å². The number of ketones is 1. The van der Waals surface area contributed by atoms with Gasteiger partial charge in [-0.2, -0.15) is 0 Å². The molecule has 1 unspecified atom stereocenters. The van der Waals surface area contributed by atoms with Crippen molar-refractivity contribution in [1.29, 1.82) is 0 Å². The second-order valence-electron chi connectivity index (χ2n) is 8.97. The number of nitrogens with zero attached hydrogens (tertiary/aromatic N) is 1. The molecule has 0 radical (unpaired) electrons. The molecule has 1 aliphatic heterocycles. The number of rotatable bonds is 6. The quantitative estimate of drug-likeness (QED) is 0.395. The standard InChI is InChI=1S/C29H29N3O3/c1-19-12-8-10-16-23(19)30-27(34)25-21(3)32(18-22-14-6-5-7-15-22)29(4,26(25)33)28(35)31-24-17-11-9-13-20(24)2/h5-17H,18H2,1-4H3,(H,30,34)(H,31,35). The van der Waals surface area contributed by atoms with E-state index in [1.54, 1.807) is 30.9 Å². The fourth-order valence-electron chi connectivity index (χ4n) is 4.39. The third-order valence-electron chi connectivity index (χ3n) is 6.61. The molecule has 6 nitrogen and oxygen atoms in total. The normalized spacial score (nSPS) is 17.5. The first-order chi connectivity index (χ1) is 16.7. The molecule has 178 valence electrons. The van der Waals surface area contributed by atoms with Crippen LogP contribution in [0.15, 0.2) is 90.1 Å². The highest BCUT2D eigenvalue weighted by atomic mass is 16.2. The van der Waals surface area contributed by atoms with E-state index in [4.69, 9.17) is 0 Å². The van der Waals surface area contributed by atoms with E-state index in [1.165, 1.54) is 0 Å². The SMILES string of the molecule is CC1=C(C(=O)Nc2ccccc2C)C(=O)C(C)(C(=O)Nc2ccccc2C)N1Cc1ccccc1. The van der Waals surface area contributed by atoms with Gasteiger partial charge in [-0.05, 0) is 56.5 Å². The molecule has 0 fully saturated rings. The smallest absolute Gasteiger partial charge is 0.261 e. The molecule has 2 N–H and O–H groups in total. The maximum Gasteiger partial charge on any atom is 0.261 e. The first-order valence-corrected chi connectivity index (χ1v) is 11.5. The molecule has 0 bridgehead atoms. The Morgan fingerprint density at radius 3 is 1.86 bits per heavy atom. The molecule has 1 heterocycles. The molecule has 6 heteroatoms. The molecule has 2 amide bonds. The molecule has 3 aromatic rings. The summed E-state index contributed by atoms with van der Waals surface area (Å²) < 4.78 is 0. The van der Waals surface area contributed by atoms with Crippen LogP contribution in [0.2, 0.25) is 0 Å². The van der Waals surface area contributed by atoms with E-state index in [-0.39, 0.29) is 5.57 Å². The zero-order valence-electron chi connectivity index (χ0n) is 20.4. The first-order valence-electron chi connectivity index (χ1n) is 11.5. The number of benzene rings is 3. The number of para-hydroxylation sites is 2. The van der Waals surface area contributed by atoms with E-state index in [0.717, 1.165) is 16.7 Å². The van der Waals surface area contributed by atoms with Crippen molar-refractivity contribution in [3.63, 3.8) is 0 Å². The molecule has 0 spiro atoms. The van der Waals surface area contributed by atoms with Gasteiger partial charge in [0, 0.05) is 23.6 Å². The fourth-order valence-corrected chi connectivity index (χ4v) is 4.39. The van der Waals surface area contributed by atoms with Crippen LogP contribution in [-0.2, 0) is 20.9 Å². The molecule has 1 aliphatic rings. The monoisotopic (exact) mass is 467 g/mol. The lowest BCUT2D eigenvalue weighted by Crippen LogP contribution is -2.55. The van der Waals surface area contributed by atoms with E-state index in [1.807, 2.05) is 80.6 Å². The summed E-state index contributed by atoms with van der Waals surface area (Å²) in [5.74, 6) is -1.53. The van der Waals surface area contributed by atoms with Crippen molar-refractivity contribution in [2.75, 3.05) is 10.6 Å². The molecule has 1 atom stereocenters. The summed E-state index contributed by atoms with van der Waals surface area (Å²) >= 11 is 0. The molecule has 3 aromatic carbocycles. The lowest BCUT2D eigenvalue weighted by molar-refractivity contribution is -0.135. The molecule has 0 aliphatic carbocycles. The van der Waals surface area contributed by atoms with Gasteiger partial charge in [0.15, 0.2) is 5.54 Å². The highest BCUT2D eigenvalue weighted by Gasteiger charge is 2.55. The summed E-state index contributed by atoms with van der Waals surface area (Å²) in [4.78, 5) is 42.6. The number of carbonyl (C=O) groups is 3. The molecular formula is C29H29N3O3. The van der Waals surface area contributed by atoms with Gasteiger partial charge in [0.05, 0.1) is 0 Å². The van der Waals surface area contributed by atoms with Gasteiger partial charge in [0.1, 0.15) is 5.57 Å². The molecular weight excluding hydrogens is 438 g/mol. The van der Waals surface area contributed by atoms with Crippen LogP contribution in [0.1, 0.15) is 30.5 Å². The van der Waals surface area contributed by atoms with Crippen LogP contribution >= 0.6 is 0 Å². The van der Waals surface area contributed by atoms with Gasteiger partial charge in [0.2, 0.25) is 5.78 Å². The van der Waals surface area contributed by atoms with Gasteiger partial charge < -0.3 is 15.5 Å². The number of aryl methyl sites for hydroxylation is 2. The zero-order valence-corrected chi connectivity index (χ0v) is 20.4. The van der Waals surface area contributed by atoms with Gasteiger partial charge >= 0.3 is 0 Å². The van der Waals surface area contributed by atoms with Crippen LogP contribution < -0.4 is 10.6 Å². The van der Waals surface area contributed by atoms with Crippen molar-refractivity contribution in [3.05, 3.63) is 107 Å². The Hall–Kier alpha value is -4.19. The highest BCUT2D eigenvalue weighted by molar-refractivity contribution is 6.34. The van der Waals surface area contributed by atoms with E-state index >= 15 is 0 Å². The lowest BCUT2D eigenvalue weighted by atomic mass is 9.91. The Morgan fingerprint density at radius 1 is 0.771 bits per heavy atom. The van der Waals surface area contributed by atoms with Crippen LogP contribution in [0.25, 0.3) is 0 Å². The molecule has 4 rings (SSSR count). The summed E-state index contributed by atoms with van der Waals surface area (Å²) in [6.45, 7) is 7.39. The van der Waals surface area contributed by atoms with Crippen molar-refractivity contribution in [1.82, 2.24) is 4.90 Å². The molecule has 35 heavy (non-hydrogen) atoms. The van der Waals surface area contributed by atoms with E-state index in [9.17, 15) is 14.4 Å². The number of amides is 2. The zero-order chi connectivity index (χ0) is 25.2. The lowest BCUT2D eigenvalue weighted by Gasteiger charge is -2.35. The number of anilines is 2. The first kappa shape index (κ1) is 24.0. The average Bonchev–Trinajstić information content (AvgIpc) is 3.04. The minimum Gasteiger partial charge on any atom is -0.349 e. The predicted octanol–water partition coefficient (Wildman–Crippen LogP) is 5.00. The van der Waals surface area contributed by atoms with Gasteiger partial charge in [-0.25, -0.2) is 0 Å². The number of allylic oxidation sites excluding steroid dienone is 1. The van der Waals surface area contributed by atoms with Crippen LogP contribution in [0.4, 0.5) is 11.4 Å². The summed E-state index contributed by atoms with van der Waals surface area (Å²) in [5.41, 5.74) is 2.80. The number of Topliss-reactive ketones (excluding diaryl/α,β-unsaturated/α-hetero) is 1. The minimum atomic E-state index is -1.60. The summed E-state index contributed by atoms with van der Waals surface area (Å²) in [6, 6.07) is 24.4. The van der Waals surface area contributed by atoms with Crippen molar-refractivity contribution in [2.45, 2.75) is 39.8 Å². The highest BCUT2D eigenvalue weighted by Crippen LogP contribution is 2.37. The number of carbonyl (C=O) groups excluding carboxylic acids is 3. The predicted molar refractivity (Wildman–Crippen MR) is 138 cm³/mol. The second-order valence-corrected chi connectivity index (χ2v) is 8.97. The fraction of sp³-hybridized carbons (Fsp3) is 0.207. The van der Waals surface area contributed by atoms with Crippen molar-refractivity contribution < 1.29 is 14.4 Å². The van der Waals surface area contributed by atoms with Crippen molar-refractivity contribution >= 4 is 29.0 Å². The van der Waals surface area contributed by atoms with E-state index < -0.39 is 23.1 Å². The Kier molecular flexibility index (Phi) is 6.56. The summed E-state index contributed by atoms with van der Waals surface area (Å²) in [7, 11) is 0. The largest absolute Gasteiger partial charge is 0.349 e. The number of hydrogen-bond acceptors (Lipinski definition) is 4. The summed E-state index contributed by atoms with van der Waals surface area (Å²) in [6.07, 6.45) is 0. The van der Waals surface area contributed by atoms with Crippen molar-refractivity contribution in [2.24, 2.45) is 0 Å². The van der Waals surface area contributed by atoms with E-state index in [0.29, 0.717) is 23.6 Å². The molecule has 0 saturated heterocycles. The third kappa shape index (κ3) is 4.47. The maximum absolute atomic E-state index is 13.9. The van der Waals surface area contributed by atoms with Crippen LogP contribution in [0.3, 0.4) is 0 Å². The van der Waals surface area contributed by atoms with Gasteiger partial charge in [-0.3, -0.25) is 14.4 Å². The Labute approximate surface area is 205 Å². The number of nitrogens with one attached hydrogen (secondary N) is 2. The minimum absolute atomic E-state index is 0.00776. The van der Waals surface area contributed by atoms with Crippen molar-refractivity contribution in [3.8, 4) is 0 Å². The third-order valence-corrected chi connectivity index (χ3v) is 6.61. The van der Waals surface area contributed by atoms with Gasteiger partial charge in [-0.15, -0.1) is 0 Å². The second kappa shape index (κ2) is 9.58. The van der Waals surface area contributed by atoms with Crippen LogP contribution in [0.5, 0.6) is 0 Å². The topological polar surface area (TPSA) is 78.5 Å². The van der Waals surface area contributed by atoms with Gasteiger partial charge in [-0.1, -0.05) is 66.7 Å². The Bertz CT molecular complexity index is 1330. The molecule has 0 saturated carbocycles. The average molecular weight is 468 g/mol. The summed E-state index contributed by atoms with van der Waals surface area (Å²) in [5, 5.41) is 5.77. The van der Waals surface area contributed by atoms with Gasteiger partial charge in [0.25, 0.3) is 11.8 Å². The molecule has 0 aromatic heterocycles. The van der Waals surface area contributed by atoms with E-state index in [2.05, 4.69) is 10.6 Å². The number of hydrogen-bond donors (Lipinski definition) is 2. The Morgan fingerprint density at radius 2 is 1.29 bits per heavy atom. The maximum atomic E-state index is 13.9.